The number of likely N-dealkylation sites (tertiary alicyclic amines) is 1. The fourth-order valence-corrected chi connectivity index (χ4v) is 5.23. The Morgan fingerprint density at radius 2 is 2.16 bits per heavy atom. The van der Waals surface area contributed by atoms with Gasteiger partial charge in [0.15, 0.2) is 5.75 Å². The predicted octanol–water partition coefficient (Wildman–Crippen LogP) is 4.65. The zero-order valence-electron chi connectivity index (χ0n) is 20.4. The van der Waals surface area contributed by atoms with Gasteiger partial charge in [-0.2, -0.15) is 0 Å². The van der Waals surface area contributed by atoms with E-state index in [1.807, 2.05) is 19.1 Å². The maximum atomic E-state index is 12.9. The van der Waals surface area contributed by atoms with Crippen LogP contribution in [0.15, 0.2) is 36.7 Å². The van der Waals surface area contributed by atoms with E-state index in [9.17, 15) is 14.7 Å². The Morgan fingerprint density at radius 1 is 1.32 bits per heavy atom. The van der Waals surface area contributed by atoms with Gasteiger partial charge < -0.3 is 25.5 Å². The van der Waals surface area contributed by atoms with Crippen molar-refractivity contribution in [3.05, 3.63) is 58.5 Å². The molecule has 0 spiro atoms. The second kappa shape index (κ2) is 10.1. The summed E-state index contributed by atoms with van der Waals surface area (Å²) < 4.78 is 5.51. The summed E-state index contributed by atoms with van der Waals surface area (Å²) in [6, 6.07) is 6.70. The first-order valence-corrected chi connectivity index (χ1v) is 12.4. The summed E-state index contributed by atoms with van der Waals surface area (Å²) in [5.74, 6) is 6.57. The van der Waals surface area contributed by atoms with Crippen LogP contribution in [0.3, 0.4) is 0 Å². The van der Waals surface area contributed by atoms with Crippen LogP contribution in [-0.4, -0.2) is 57.7 Å². The van der Waals surface area contributed by atoms with Crippen molar-refractivity contribution in [2.75, 3.05) is 19.0 Å². The maximum absolute atomic E-state index is 12.9. The fourth-order valence-electron chi connectivity index (χ4n) is 4.98. The number of aromatic amines is 1. The number of nitrogens with zero attached hydrogens (tertiary/aromatic N) is 2. The average molecular weight is 520 g/mol. The number of ether oxygens (including phenoxy) is 1. The zero-order valence-corrected chi connectivity index (χ0v) is 21.1. The number of carbonyl (C=O) groups excluding carboxylic acids is 1. The molecule has 0 saturated carbocycles. The molecule has 2 aromatic heterocycles. The van der Waals surface area contributed by atoms with Crippen molar-refractivity contribution in [2.24, 2.45) is 0 Å². The van der Waals surface area contributed by atoms with Crippen LogP contribution in [0.25, 0.3) is 11.3 Å². The molecule has 190 valence electrons. The minimum Gasteiger partial charge on any atom is -0.493 e. The van der Waals surface area contributed by atoms with Gasteiger partial charge in [-0.25, -0.2) is 4.79 Å². The van der Waals surface area contributed by atoms with E-state index in [0.717, 1.165) is 17.7 Å². The van der Waals surface area contributed by atoms with E-state index in [0.29, 0.717) is 58.4 Å². The van der Waals surface area contributed by atoms with Crippen molar-refractivity contribution in [3.63, 3.8) is 0 Å². The number of benzene rings is 1. The van der Waals surface area contributed by atoms with Gasteiger partial charge in [0.2, 0.25) is 0 Å². The van der Waals surface area contributed by atoms with E-state index in [1.165, 1.54) is 12.0 Å². The molecule has 4 N–H and O–H groups in total. The number of H-pyrrole nitrogens is 1. The van der Waals surface area contributed by atoms with Gasteiger partial charge in [0.25, 0.3) is 5.91 Å². The van der Waals surface area contributed by atoms with E-state index in [4.69, 9.17) is 16.3 Å². The second-order valence-corrected chi connectivity index (χ2v) is 9.41. The molecule has 37 heavy (non-hydrogen) atoms. The fraction of sp³-hybridized carbons (Fsp3) is 0.296. The number of para-hydroxylation sites is 1. The normalized spacial score (nSPS) is 18.5. The van der Waals surface area contributed by atoms with Crippen molar-refractivity contribution < 1.29 is 19.4 Å². The summed E-state index contributed by atoms with van der Waals surface area (Å²) in [5.41, 5.74) is 4.53. The van der Waals surface area contributed by atoms with Crippen LogP contribution >= 0.6 is 11.6 Å². The first kappa shape index (κ1) is 24.5. The molecule has 1 aromatic carbocycles. The highest BCUT2D eigenvalue weighted by Crippen LogP contribution is 2.41. The topological polar surface area (TPSA) is 120 Å². The van der Waals surface area contributed by atoms with Crippen LogP contribution in [0.2, 0.25) is 5.02 Å². The molecule has 10 heteroatoms. The number of halogens is 1. The molecule has 0 radical (unpaired) electrons. The van der Waals surface area contributed by atoms with Gasteiger partial charge in [-0.3, -0.25) is 14.7 Å². The van der Waals surface area contributed by atoms with Crippen molar-refractivity contribution in [2.45, 2.75) is 38.3 Å². The molecule has 2 amide bonds. The maximum Gasteiger partial charge on any atom is 0.408 e. The lowest BCUT2D eigenvalue weighted by Crippen LogP contribution is -2.38. The Labute approximate surface area is 219 Å². The molecule has 2 atom stereocenters. The lowest BCUT2D eigenvalue weighted by molar-refractivity contribution is 0.0946. The number of nitrogens with one attached hydrogen (secondary N) is 3. The van der Waals surface area contributed by atoms with Gasteiger partial charge >= 0.3 is 6.09 Å². The van der Waals surface area contributed by atoms with Gasteiger partial charge in [-0.05, 0) is 38.0 Å². The van der Waals surface area contributed by atoms with Crippen molar-refractivity contribution in [1.29, 1.82) is 0 Å². The van der Waals surface area contributed by atoms with Crippen LogP contribution < -0.4 is 15.4 Å². The number of carboxylic acid groups (broad SMARTS) is 1. The quantitative estimate of drug-likeness (QED) is 0.372. The van der Waals surface area contributed by atoms with Gasteiger partial charge in [-0.15, -0.1) is 0 Å². The molecule has 4 heterocycles. The predicted molar refractivity (Wildman–Crippen MR) is 141 cm³/mol. The number of carbonyl (C=O) groups is 2. The third-order valence-corrected chi connectivity index (χ3v) is 7.05. The summed E-state index contributed by atoms with van der Waals surface area (Å²) in [6.07, 6.45) is 4.41. The Bertz CT molecular complexity index is 1440. The lowest BCUT2D eigenvalue weighted by Gasteiger charge is -2.21. The zero-order chi connectivity index (χ0) is 26.1. The average Bonchev–Trinajstić information content (AvgIpc) is 3.44. The largest absolute Gasteiger partial charge is 0.493 e. The number of hydrogen-bond donors (Lipinski definition) is 4. The van der Waals surface area contributed by atoms with Crippen molar-refractivity contribution in [1.82, 2.24) is 20.2 Å². The number of rotatable bonds is 4. The molecule has 1 fully saturated rings. The third kappa shape index (κ3) is 4.56. The highest BCUT2D eigenvalue weighted by molar-refractivity contribution is 6.32. The number of anilines is 2. The molecule has 5 rings (SSSR count). The molecule has 3 aromatic rings. The summed E-state index contributed by atoms with van der Waals surface area (Å²) in [7, 11) is 1.54. The second-order valence-electron chi connectivity index (χ2n) is 9.00. The van der Waals surface area contributed by atoms with E-state index < -0.39 is 12.1 Å². The van der Waals surface area contributed by atoms with Crippen molar-refractivity contribution >= 4 is 35.0 Å². The van der Waals surface area contributed by atoms with Gasteiger partial charge in [0.05, 0.1) is 46.4 Å². The molecule has 9 nitrogen and oxygen atoms in total. The van der Waals surface area contributed by atoms with Crippen molar-refractivity contribution in [3.8, 4) is 28.8 Å². The smallest absolute Gasteiger partial charge is 0.408 e. The monoisotopic (exact) mass is 519 g/mol. The van der Waals surface area contributed by atoms with E-state index in [2.05, 4.69) is 32.4 Å². The van der Waals surface area contributed by atoms with Gasteiger partial charge in [0, 0.05) is 42.7 Å². The Morgan fingerprint density at radius 3 is 2.95 bits per heavy atom. The molecule has 0 aliphatic carbocycles. The summed E-state index contributed by atoms with van der Waals surface area (Å²) >= 11 is 6.35. The van der Waals surface area contributed by atoms with Crippen LogP contribution in [0.4, 0.5) is 16.2 Å². The number of aromatic nitrogens is 2. The minimum absolute atomic E-state index is 0.0812. The first-order chi connectivity index (χ1) is 17.9. The van der Waals surface area contributed by atoms with Gasteiger partial charge in [0.1, 0.15) is 0 Å². The molecular weight excluding hydrogens is 494 g/mol. The number of methoxy groups -OCH3 is 1. The number of hydrogen-bond acceptors (Lipinski definition) is 5. The van der Waals surface area contributed by atoms with Crippen LogP contribution in [0, 0.1) is 11.8 Å². The van der Waals surface area contributed by atoms with E-state index in [-0.39, 0.29) is 11.9 Å². The summed E-state index contributed by atoms with van der Waals surface area (Å²) in [6.45, 7) is 2.42. The molecule has 2 aliphatic rings. The third-order valence-electron chi connectivity index (χ3n) is 6.75. The highest BCUT2D eigenvalue weighted by atomic mass is 35.5. The molecule has 0 unspecified atom stereocenters. The molecule has 2 aliphatic heterocycles. The Balaban J connectivity index is 1.61. The number of fused-ring (bicyclic) bond motifs is 1. The Kier molecular flexibility index (Phi) is 6.68. The summed E-state index contributed by atoms with van der Waals surface area (Å²) in [4.78, 5) is 33.8. The summed E-state index contributed by atoms with van der Waals surface area (Å²) in [5, 5.41) is 16.3. The first-order valence-electron chi connectivity index (χ1n) is 12.0. The molecule has 1 saturated heterocycles. The number of pyridine rings is 1. The van der Waals surface area contributed by atoms with Crippen LogP contribution in [0.5, 0.6) is 5.75 Å². The highest BCUT2D eigenvalue weighted by Gasteiger charge is 2.33. The minimum atomic E-state index is -0.972. The van der Waals surface area contributed by atoms with Gasteiger partial charge in [-0.1, -0.05) is 29.5 Å². The van der Waals surface area contributed by atoms with Crippen LogP contribution in [-0.2, 0) is 6.42 Å². The van der Waals surface area contributed by atoms with E-state index in [1.54, 1.807) is 24.5 Å². The van der Waals surface area contributed by atoms with E-state index >= 15 is 0 Å². The molecular formula is C27H26ClN5O4. The number of amides is 2. The standard InChI is InChI=1S/C27H26ClN5O4/c1-15-6-8-17(33(15)27(35)36)9-7-16-14-29-12-10-18(16)23-24(22-20(31-23)11-13-30-26(22)34)32-21-5-3-4-19(28)25(21)37-2/h3-5,10,12,14-15,17,31-32H,6,8,11,13H2,1-2H3,(H,30,34)(H,35,36)/t15-,17-/m1/s1. The SMILES string of the molecule is COc1c(Cl)cccc1Nc1c(-c2ccncc2C#C[C@H]2CC[C@@H](C)N2C(=O)O)[nH]c2c1C(=O)NCC2. The Hall–Kier alpha value is -4.16. The molecule has 0 bridgehead atoms. The van der Waals surface area contributed by atoms with Crippen LogP contribution in [0.1, 0.15) is 41.4 Å². The lowest BCUT2D eigenvalue weighted by atomic mass is 10.0.